The van der Waals surface area contributed by atoms with Crippen LogP contribution in [0.25, 0.3) is 5.69 Å². The lowest BCUT2D eigenvalue weighted by Gasteiger charge is -2.28. The normalized spacial score (nSPS) is 14.1. The van der Waals surface area contributed by atoms with Crippen LogP contribution in [0.2, 0.25) is 0 Å². The number of thiophene rings is 1. The van der Waals surface area contributed by atoms with E-state index in [1.54, 1.807) is 29.4 Å². The Morgan fingerprint density at radius 3 is 2.83 bits per heavy atom. The standard InChI is InChI=1S/C20H22FN5O2S2/c1-24(13-17-6-3-11-29-17)18(27)14-30-20-23-22-19(25-7-9-28-10-8-25)26(20)16-5-2-4-15(21)12-16/h2-6,11-12H,7-10,13-14H2,1H3. The Morgan fingerprint density at radius 1 is 1.27 bits per heavy atom. The fourth-order valence-electron chi connectivity index (χ4n) is 3.13. The monoisotopic (exact) mass is 447 g/mol. The first-order valence-electron chi connectivity index (χ1n) is 9.55. The Balaban J connectivity index is 1.53. The van der Waals surface area contributed by atoms with Crippen LogP contribution in [0.3, 0.4) is 0 Å². The van der Waals surface area contributed by atoms with E-state index >= 15 is 0 Å². The molecular weight excluding hydrogens is 425 g/mol. The minimum absolute atomic E-state index is 0.00452. The average Bonchev–Trinajstić information content (AvgIpc) is 3.42. The highest BCUT2D eigenvalue weighted by atomic mass is 32.2. The molecule has 10 heteroatoms. The zero-order chi connectivity index (χ0) is 20.9. The Labute approximate surface area is 182 Å². The zero-order valence-electron chi connectivity index (χ0n) is 16.5. The number of benzene rings is 1. The molecule has 1 saturated heterocycles. The van der Waals surface area contributed by atoms with Crippen molar-refractivity contribution in [1.82, 2.24) is 19.7 Å². The molecule has 7 nitrogen and oxygen atoms in total. The van der Waals surface area contributed by atoms with Gasteiger partial charge in [0.25, 0.3) is 0 Å². The molecule has 1 aliphatic rings. The van der Waals surface area contributed by atoms with Gasteiger partial charge in [-0.15, -0.1) is 21.5 Å². The lowest BCUT2D eigenvalue weighted by molar-refractivity contribution is -0.127. The van der Waals surface area contributed by atoms with Crippen LogP contribution in [-0.4, -0.2) is 64.7 Å². The number of carbonyl (C=O) groups excluding carboxylic acids is 1. The van der Waals surface area contributed by atoms with Gasteiger partial charge < -0.3 is 14.5 Å². The van der Waals surface area contributed by atoms with Crippen molar-refractivity contribution >= 4 is 35.0 Å². The van der Waals surface area contributed by atoms with E-state index in [1.807, 2.05) is 28.1 Å². The second-order valence-corrected chi connectivity index (χ2v) is 8.79. The fraction of sp³-hybridized carbons (Fsp3) is 0.350. The van der Waals surface area contributed by atoms with Crippen molar-refractivity contribution in [3.05, 3.63) is 52.5 Å². The molecule has 0 atom stereocenters. The molecule has 0 saturated carbocycles. The molecule has 1 amide bonds. The highest BCUT2D eigenvalue weighted by molar-refractivity contribution is 7.99. The van der Waals surface area contributed by atoms with Crippen LogP contribution >= 0.6 is 23.1 Å². The van der Waals surface area contributed by atoms with E-state index < -0.39 is 0 Å². The number of ether oxygens (including phenoxy) is 1. The van der Waals surface area contributed by atoms with Crippen LogP contribution in [0.15, 0.2) is 46.9 Å². The van der Waals surface area contributed by atoms with E-state index in [9.17, 15) is 9.18 Å². The van der Waals surface area contributed by atoms with Crippen LogP contribution in [0.4, 0.5) is 10.3 Å². The largest absolute Gasteiger partial charge is 0.378 e. The molecule has 3 aromatic rings. The van der Waals surface area contributed by atoms with Crippen molar-refractivity contribution in [2.75, 3.05) is 44.0 Å². The van der Waals surface area contributed by atoms with Gasteiger partial charge >= 0.3 is 0 Å². The first-order chi connectivity index (χ1) is 14.6. The first kappa shape index (κ1) is 20.8. The lowest BCUT2D eigenvalue weighted by atomic mass is 10.3. The maximum Gasteiger partial charge on any atom is 0.233 e. The topological polar surface area (TPSA) is 63.5 Å². The third-order valence-electron chi connectivity index (χ3n) is 4.70. The van der Waals surface area contributed by atoms with Crippen molar-refractivity contribution in [2.24, 2.45) is 0 Å². The maximum atomic E-state index is 13.9. The maximum absolute atomic E-state index is 13.9. The molecule has 158 valence electrons. The van der Waals surface area contributed by atoms with Crippen LogP contribution in [0.1, 0.15) is 4.88 Å². The predicted octanol–water partition coefficient (Wildman–Crippen LogP) is 3.06. The number of morpholine rings is 1. The average molecular weight is 448 g/mol. The van der Waals surface area contributed by atoms with Gasteiger partial charge in [0.1, 0.15) is 5.82 Å². The summed E-state index contributed by atoms with van der Waals surface area (Å²) >= 11 is 2.93. The molecule has 0 bridgehead atoms. The van der Waals surface area contributed by atoms with E-state index in [0.29, 0.717) is 49.6 Å². The van der Waals surface area contributed by atoms with Gasteiger partial charge in [0.05, 0.1) is 31.2 Å². The van der Waals surface area contributed by atoms with Gasteiger partial charge in [-0.2, -0.15) is 0 Å². The van der Waals surface area contributed by atoms with E-state index in [-0.39, 0.29) is 17.5 Å². The number of halogens is 1. The molecule has 0 spiro atoms. The molecule has 30 heavy (non-hydrogen) atoms. The van der Waals surface area contributed by atoms with E-state index in [2.05, 4.69) is 15.1 Å². The van der Waals surface area contributed by atoms with Crippen molar-refractivity contribution in [3.63, 3.8) is 0 Å². The molecule has 1 aromatic carbocycles. The SMILES string of the molecule is CN(Cc1cccs1)C(=O)CSc1nnc(N2CCOCC2)n1-c1cccc(F)c1. The number of thioether (sulfide) groups is 1. The first-order valence-corrected chi connectivity index (χ1v) is 11.4. The van der Waals surface area contributed by atoms with Crippen molar-refractivity contribution in [1.29, 1.82) is 0 Å². The van der Waals surface area contributed by atoms with Gasteiger partial charge in [0.2, 0.25) is 11.9 Å². The summed E-state index contributed by atoms with van der Waals surface area (Å²) < 4.78 is 21.1. The summed E-state index contributed by atoms with van der Waals surface area (Å²) in [6, 6.07) is 10.3. The Bertz CT molecular complexity index is 989. The molecule has 1 fully saturated rings. The second-order valence-electron chi connectivity index (χ2n) is 6.82. The van der Waals surface area contributed by atoms with Crippen LogP contribution in [0, 0.1) is 5.82 Å². The van der Waals surface area contributed by atoms with Crippen LogP contribution < -0.4 is 4.90 Å². The second kappa shape index (κ2) is 9.59. The number of carbonyl (C=O) groups is 1. The molecule has 0 radical (unpaired) electrons. The zero-order valence-corrected chi connectivity index (χ0v) is 18.2. The summed E-state index contributed by atoms with van der Waals surface area (Å²) in [7, 11) is 1.79. The van der Waals surface area contributed by atoms with Gasteiger partial charge in [0, 0.05) is 25.0 Å². The summed E-state index contributed by atoms with van der Waals surface area (Å²) in [5.41, 5.74) is 0.628. The molecular formula is C20H22FN5O2S2. The number of aromatic nitrogens is 3. The van der Waals surface area contributed by atoms with Gasteiger partial charge in [0.15, 0.2) is 5.16 Å². The number of nitrogens with zero attached hydrogens (tertiary/aromatic N) is 5. The highest BCUT2D eigenvalue weighted by Gasteiger charge is 2.23. The summed E-state index contributed by atoms with van der Waals surface area (Å²) in [6.07, 6.45) is 0. The third-order valence-corrected chi connectivity index (χ3v) is 6.48. The molecule has 3 heterocycles. The molecule has 0 unspecified atom stereocenters. The van der Waals surface area contributed by atoms with Gasteiger partial charge in [-0.05, 0) is 29.6 Å². The quantitative estimate of drug-likeness (QED) is 0.519. The third kappa shape index (κ3) is 4.82. The van der Waals surface area contributed by atoms with Crippen molar-refractivity contribution in [2.45, 2.75) is 11.7 Å². The molecule has 4 rings (SSSR count). The number of amides is 1. The van der Waals surface area contributed by atoms with Crippen molar-refractivity contribution < 1.29 is 13.9 Å². The lowest BCUT2D eigenvalue weighted by Crippen LogP contribution is -2.37. The summed E-state index contributed by atoms with van der Waals surface area (Å²) in [5, 5.41) is 11.2. The van der Waals surface area contributed by atoms with Crippen LogP contribution in [0.5, 0.6) is 0 Å². The van der Waals surface area contributed by atoms with Crippen LogP contribution in [-0.2, 0) is 16.1 Å². The number of hydrogen-bond acceptors (Lipinski definition) is 7. The molecule has 0 aliphatic carbocycles. The smallest absolute Gasteiger partial charge is 0.233 e. The number of anilines is 1. The molecule has 0 N–H and O–H groups in total. The van der Waals surface area contributed by atoms with E-state index in [0.717, 1.165) is 4.88 Å². The summed E-state index contributed by atoms with van der Waals surface area (Å²) in [5.74, 6) is 0.510. The van der Waals surface area contributed by atoms with E-state index in [1.165, 1.54) is 23.9 Å². The Hall–Kier alpha value is -2.43. The Morgan fingerprint density at radius 2 is 2.10 bits per heavy atom. The molecule has 1 aliphatic heterocycles. The van der Waals surface area contributed by atoms with Gasteiger partial charge in [-0.3, -0.25) is 9.36 Å². The van der Waals surface area contributed by atoms with Crippen molar-refractivity contribution in [3.8, 4) is 5.69 Å². The van der Waals surface area contributed by atoms with E-state index in [4.69, 9.17) is 4.74 Å². The molecule has 2 aromatic heterocycles. The Kier molecular flexibility index (Phi) is 6.66. The number of rotatable bonds is 7. The fourth-order valence-corrected chi connectivity index (χ4v) is 4.77. The minimum atomic E-state index is -0.336. The highest BCUT2D eigenvalue weighted by Crippen LogP contribution is 2.28. The predicted molar refractivity (Wildman–Crippen MR) is 116 cm³/mol. The minimum Gasteiger partial charge on any atom is -0.378 e. The summed E-state index contributed by atoms with van der Waals surface area (Å²) in [4.78, 5) is 17.5. The number of hydrogen-bond donors (Lipinski definition) is 0. The van der Waals surface area contributed by atoms with Gasteiger partial charge in [-0.25, -0.2) is 4.39 Å². The van der Waals surface area contributed by atoms with Gasteiger partial charge in [-0.1, -0.05) is 23.9 Å². The summed E-state index contributed by atoms with van der Waals surface area (Å²) in [6.45, 7) is 3.14.